The SMILES string of the molecule is CC1CC(C)CN(c2nc(-c3ccncc3)nc3ccccc23)C1. The predicted octanol–water partition coefficient (Wildman–Crippen LogP) is 4.17. The number of hydrogen-bond donors (Lipinski definition) is 0. The molecule has 1 saturated heterocycles. The molecule has 3 aromatic rings. The number of benzene rings is 1. The summed E-state index contributed by atoms with van der Waals surface area (Å²) in [6.07, 6.45) is 4.87. The minimum Gasteiger partial charge on any atom is -0.355 e. The topological polar surface area (TPSA) is 41.9 Å². The van der Waals surface area contributed by atoms with Crippen LogP contribution in [0.15, 0.2) is 48.8 Å². The Hall–Kier alpha value is -2.49. The van der Waals surface area contributed by atoms with E-state index in [1.165, 1.54) is 6.42 Å². The van der Waals surface area contributed by atoms with Crippen molar-refractivity contribution in [1.29, 1.82) is 0 Å². The summed E-state index contributed by atoms with van der Waals surface area (Å²) in [5.74, 6) is 3.21. The molecule has 0 spiro atoms. The maximum absolute atomic E-state index is 4.95. The first-order valence-corrected chi connectivity index (χ1v) is 8.63. The first-order chi connectivity index (χ1) is 11.7. The summed E-state index contributed by atoms with van der Waals surface area (Å²) < 4.78 is 0. The maximum atomic E-state index is 4.95. The monoisotopic (exact) mass is 318 g/mol. The van der Waals surface area contributed by atoms with E-state index in [-0.39, 0.29) is 0 Å². The number of para-hydroxylation sites is 1. The van der Waals surface area contributed by atoms with Crippen molar-refractivity contribution in [3.63, 3.8) is 0 Å². The van der Waals surface area contributed by atoms with Crippen molar-refractivity contribution in [2.45, 2.75) is 20.3 Å². The molecule has 0 amide bonds. The van der Waals surface area contributed by atoms with E-state index in [0.29, 0.717) is 11.8 Å². The highest BCUT2D eigenvalue weighted by Crippen LogP contribution is 2.31. The van der Waals surface area contributed by atoms with E-state index in [1.807, 2.05) is 18.2 Å². The van der Waals surface area contributed by atoms with Crippen LogP contribution in [-0.4, -0.2) is 28.0 Å². The molecule has 122 valence electrons. The van der Waals surface area contributed by atoms with Crippen LogP contribution >= 0.6 is 0 Å². The Balaban J connectivity index is 1.87. The Morgan fingerprint density at radius 3 is 2.38 bits per heavy atom. The number of nitrogens with zero attached hydrogens (tertiary/aromatic N) is 4. The van der Waals surface area contributed by atoms with Gasteiger partial charge in [0, 0.05) is 36.4 Å². The molecule has 2 atom stereocenters. The van der Waals surface area contributed by atoms with Gasteiger partial charge in [-0.2, -0.15) is 0 Å². The number of rotatable bonds is 2. The van der Waals surface area contributed by atoms with E-state index in [2.05, 4.69) is 41.9 Å². The summed E-state index contributed by atoms with van der Waals surface area (Å²) in [5.41, 5.74) is 2.01. The standard InChI is InChI=1S/C20H22N4/c1-14-11-15(2)13-24(12-14)20-17-5-3-4-6-18(17)22-19(23-20)16-7-9-21-10-8-16/h3-10,14-15H,11-13H2,1-2H3. The third-order valence-electron chi connectivity index (χ3n) is 4.69. The summed E-state index contributed by atoms with van der Waals surface area (Å²) in [4.78, 5) is 16.3. The third-order valence-corrected chi connectivity index (χ3v) is 4.69. The Kier molecular flexibility index (Phi) is 3.89. The Morgan fingerprint density at radius 2 is 1.62 bits per heavy atom. The highest BCUT2D eigenvalue weighted by atomic mass is 15.2. The van der Waals surface area contributed by atoms with Crippen LogP contribution in [0.1, 0.15) is 20.3 Å². The van der Waals surface area contributed by atoms with Crippen molar-refractivity contribution < 1.29 is 0 Å². The van der Waals surface area contributed by atoms with Crippen LogP contribution in [0.25, 0.3) is 22.3 Å². The van der Waals surface area contributed by atoms with Crippen molar-refractivity contribution in [3.8, 4) is 11.4 Å². The predicted molar refractivity (Wildman–Crippen MR) is 97.9 cm³/mol. The molecular formula is C20H22N4. The van der Waals surface area contributed by atoms with Gasteiger partial charge in [-0.25, -0.2) is 9.97 Å². The van der Waals surface area contributed by atoms with E-state index < -0.39 is 0 Å². The molecule has 1 aliphatic rings. The molecule has 2 unspecified atom stereocenters. The zero-order valence-electron chi connectivity index (χ0n) is 14.2. The van der Waals surface area contributed by atoms with Crippen molar-refractivity contribution in [2.75, 3.05) is 18.0 Å². The number of anilines is 1. The number of pyridine rings is 1. The molecule has 1 fully saturated rings. The first-order valence-electron chi connectivity index (χ1n) is 8.63. The lowest BCUT2D eigenvalue weighted by molar-refractivity contribution is 0.356. The van der Waals surface area contributed by atoms with Gasteiger partial charge in [0.1, 0.15) is 5.82 Å². The van der Waals surface area contributed by atoms with Gasteiger partial charge < -0.3 is 4.90 Å². The molecule has 0 saturated carbocycles. The van der Waals surface area contributed by atoms with Gasteiger partial charge in [-0.05, 0) is 42.5 Å². The van der Waals surface area contributed by atoms with Crippen LogP contribution in [-0.2, 0) is 0 Å². The van der Waals surface area contributed by atoms with Crippen LogP contribution in [0.3, 0.4) is 0 Å². The lowest BCUT2D eigenvalue weighted by Crippen LogP contribution is -2.39. The van der Waals surface area contributed by atoms with Gasteiger partial charge >= 0.3 is 0 Å². The van der Waals surface area contributed by atoms with Crippen LogP contribution in [0.2, 0.25) is 0 Å². The number of aromatic nitrogens is 3. The Bertz CT molecular complexity index is 837. The molecule has 1 aliphatic heterocycles. The first kappa shape index (κ1) is 15.1. The molecule has 1 aromatic carbocycles. The van der Waals surface area contributed by atoms with Gasteiger partial charge in [-0.1, -0.05) is 26.0 Å². The summed E-state index contributed by atoms with van der Waals surface area (Å²) in [6.45, 7) is 6.77. The van der Waals surface area contributed by atoms with Crippen molar-refractivity contribution in [2.24, 2.45) is 11.8 Å². The van der Waals surface area contributed by atoms with Crippen LogP contribution in [0.5, 0.6) is 0 Å². The smallest absolute Gasteiger partial charge is 0.162 e. The summed E-state index contributed by atoms with van der Waals surface area (Å²) in [6, 6.07) is 12.2. The number of piperidine rings is 1. The van der Waals surface area contributed by atoms with Gasteiger partial charge in [0.15, 0.2) is 5.82 Å². The average molecular weight is 318 g/mol. The minimum absolute atomic E-state index is 0.687. The molecule has 0 aliphatic carbocycles. The van der Waals surface area contributed by atoms with Crippen molar-refractivity contribution in [1.82, 2.24) is 15.0 Å². The van der Waals surface area contributed by atoms with Gasteiger partial charge in [0.25, 0.3) is 0 Å². The lowest BCUT2D eigenvalue weighted by Gasteiger charge is -2.36. The number of hydrogen-bond acceptors (Lipinski definition) is 4. The normalized spacial score (nSPS) is 21.2. The van der Waals surface area contributed by atoms with Gasteiger partial charge in [0.2, 0.25) is 0 Å². The fourth-order valence-electron chi connectivity index (χ4n) is 3.77. The second-order valence-corrected chi connectivity index (χ2v) is 6.97. The van der Waals surface area contributed by atoms with Gasteiger partial charge in [0.05, 0.1) is 5.52 Å². The average Bonchev–Trinajstić information content (AvgIpc) is 2.60. The van der Waals surface area contributed by atoms with E-state index in [1.54, 1.807) is 12.4 Å². The summed E-state index contributed by atoms with van der Waals surface area (Å²) in [5, 5.41) is 1.14. The summed E-state index contributed by atoms with van der Waals surface area (Å²) >= 11 is 0. The van der Waals surface area contributed by atoms with Gasteiger partial charge in [-0.15, -0.1) is 0 Å². The maximum Gasteiger partial charge on any atom is 0.162 e. The Morgan fingerprint density at radius 1 is 0.917 bits per heavy atom. The molecule has 24 heavy (non-hydrogen) atoms. The molecular weight excluding hydrogens is 296 g/mol. The zero-order valence-corrected chi connectivity index (χ0v) is 14.2. The summed E-state index contributed by atoms with van der Waals surface area (Å²) in [7, 11) is 0. The van der Waals surface area contributed by atoms with Crippen LogP contribution in [0.4, 0.5) is 5.82 Å². The van der Waals surface area contributed by atoms with Crippen LogP contribution < -0.4 is 4.90 Å². The molecule has 0 N–H and O–H groups in total. The lowest BCUT2D eigenvalue weighted by atomic mass is 9.92. The van der Waals surface area contributed by atoms with Gasteiger partial charge in [-0.3, -0.25) is 4.98 Å². The molecule has 2 aromatic heterocycles. The molecule has 0 bridgehead atoms. The van der Waals surface area contributed by atoms with Crippen LogP contribution in [0, 0.1) is 11.8 Å². The second kappa shape index (κ2) is 6.19. The Labute approximate surface area is 142 Å². The molecule has 0 radical (unpaired) electrons. The van der Waals surface area contributed by atoms with E-state index in [4.69, 9.17) is 9.97 Å². The molecule has 4 heteroatoms. The zero-order chi connectivity index (χ0) is 16.5. The number of fused-ring (bicyclic) bond motifs is 1. The quantitative estimate of drug-likeness (QED) is 0.711. The van der Waals surface area contributed by atoms with Crippen molar-refractivity contribution in [3.05, 3.63) is 48.8 Å². The fraction of sp³-hybridized carbons (Fsp3) is 0.350. The van der Waals surface area contributed by atoms with E-state index >= 15 is 0 Å². The molecule has 3 heterocycles. The molecule has 4 rings (SSSR count). The largest absolute Gasteiger partial charge is 0.355 e. The fourth-order valence-corrected chi connectivity index (χ4v) is 3.77. The van der Waals surface area contributed by atoms with E-state index in [0.717, 1.165) is 41.2 Å². The van der Waals surface area contributed by atoms with E-state index in [9.17, 15) is 0 Å². The minimum atomic E-state index is 0.687. The molecule has 4 nitrogen and oxygen atoms in total. The third kappa shape index (κ3) is 2.84. The second-order valence-electron chi connectivity index (χ2n) is 6.97. The highest BCUT2D eigenvalue weighted by molar-refractivity contribution is 5.91. The highest BCUT2D eigenvalue weighted by Gasteiger charge is 2.24. The van der Waals surface area contributed by atoms with Crippen molar-refractivity contribution >= 4 is 16.7 Å².